The Balaban J connectivity index is 1.66. The lowest BCUT2D eigenvalue weighted by atomic mass is 10.1. The maximum Gasteiger partial charge on any atom is 0.263 e. The number of nitrogens with zero attached hydrogens (tertiary/aromatic N) is 3. The van der Waals surface area contributed by atoms with Crippen molar-refractivity contribution in [2.24, 2.45) is 0 Å². The number of amides is 1. The van der Waals surface area contributed by atoms with E-state index < -0.39 is 6.10 Å². The fourth-order valence-electron chi connectivity index (χ4n) is 3.02. The van der Waals surface area contributed by atoms with Crippen LogP contribution >= 0.6 is 0 Å². The molecule has 0 aliphatic heterocycles. The van der Waals surface area contributed by atoms with Crippen LogP contribution in [0.3, 0.4) is 0 Å². The summed E-state index contributed by atoms with van der Waals surface area (Å²) < 4.78 is 11.3. The van der Waals surface area contributed by atoms with Crippen molar-refractivity contribution in [3.63, 3.8) is 0 Å². The molecule has 1 aromatic heterocycles. The molecule has 0 bridgehead atoms. The second-order valence-corrected chi connectivity index (χ2v) is 6.91. The van der Waals surface area contributed by atoms with E-state index in [1.165, 1.54) is 0 Å². The quantitative estimate of drug-likeness (QED) is 0.616. The molecule has 146 valence electrons. The lowest BCUT2D eigenvalue weighted by Crippen LogP contribution is -2.39. The molecule has 2 aromatic carbocycles. The largest absolute Gasteiger partial charge is 0.481 e. The van der Waals surface area contributed by atoms with Crippen molar-refractivity contribution in [2.45, 2.75) is 39.8 Å². The van der Waals surface area contributed by atoms with Gasteiger partial charge in [-0.05, 0) is 43.5 Å². The van der Waals surface area contributed by atoms with Crippen molar-refractivity contribution >= 4 is 5.91 Å². The van der Waals surface area contributed by atoms with Crippen LogP contribution in [0.25, 0.3) is 11.4 Å². The first kappa shape index (κ1) is 19.6. The highest BCUT2D eigenvalue weighted by atomic mass is 16.5. The molecule has 3 rings (SSSR count). The molecule has 6 heteroatoms. The second kappa shape index (κ2) is 8.69. The number of aromatic nitrogens is 2. The van der Waals surface area contributed by atoms with E-state index in [2.05, 4.69) is 16.2 Å². The molecule has 0 aliphatic carbocycles. The van der Waals surface area contributed by atoms with Crippen molar-refractivity contribution in [3.05, 3.63) is 65.5 Å². The number of aryl methyl sites for hydroxylation is 2. The van der Waals surface area contributed by atoms with E-state index in [0.717, 1.165) is 16.7 Å². The first-order valence-electron chi connectivity index (χ1n) is 9.34. The van der Waals surface area contributed by atoms with E-state index >= 15 is 0 Å². The van der Waals surface area contributed by atoms with Crippen molar-refractivity contribution in [1.82, 2.24) is 15.0 Å². The number of ether oxygens (including phenoxy) is 1. The Labute approximate surface area is 165 Å². The molecule has 0 aliphatic rings. The van der Waals surface area contributed by atoms with Gasteiger partial charge >= 0.3 is 0 Å². The van der Waals surface area contributed by atoms with Crippen molar-refractivity contribution < 1.29 is 14.1 Å². The van der Waals surface area contributed by atoms with E-state index in [1.807, 2.05) is 63.2 Å². The summed E-state index contributed by atoms with van der Waals surface area (Å²) >= 11 is 0. The molecule has 1 heterocycles. The summed E-state index contributed by atoms with van der Waals surface area (Å²) in [5.74, 6) is 1.47. The van der Waals surface area contributed by atoms with Crippen LogP contribution in [0.2, 0.25) is 0 Å². The summed E-state index contributed by atoms with van der Waals surface area (Å²) in [4.78, 5) is 18.8. The van der Waals surface area contributed by atoms with Gasteiger partial charge in [0.2, 0.25) is 11.7 Å². The number of likely N-dealkylation sites (N-methyl/N-ethyl adjacent to an activating group) is 1. The molecular formula is C22H25N3O3. The number of hydrogen-bond donors (Lipinski definition) is 0. The van der Waals surface area contributed by atoms with E-state index in [9.17, 15) is 4.79 Å². The van der Waals surface area contributed by atoms with Crippen LogP contribution in [0.15, 0.2) is 53.1 Å². The van der Waals surface area contributed by atoms with E-state index in [4.69, 9.17) is 9.26 Å². The Kier molecular flexibility index (Phi) is 6.09. The zero-order valence-corrected chi connectivity index (χ0v) is 16.7. The monoisotopic (exact) mass is 379 g/mol. The zero-order chi connectivity index (χ0) is 20.1. The summed E-state index contributed by atoms with van der Waals surface area (Å²) in [6.07, 6.45) is -0.00219. The molecule has 0 saturated carbocycles. The van der Waals surface area contributed by atoms with E-state index in [0.29, 0.717) is 23.9 Å². The van der Waals surface area contributed by atoms with Crippen LogP contribution in [-0.4, -0.2) is 34.1 Å². The zero-order valence-electron chi connectivity index (χ0n) is 16.7. The molecule has 0 saturated heterocycles. The third-order valence-corrected chi connectivity index (χ3v) is 4.37. The highest BCUT2D eigenvalue weighted by Crippen LogP contribution is 2.20. The molecule has 1 amide bonds. The van der Waals surface area contributed by atoms with Gasteiger partial charge in [0.05, 0.1) is 6.54 Å². The van der Waals surface area contributed by atoms with Gasteiger partial charge in [-0.25, -0.2) is 0 Å². The summed E-state index contributed by atoms with van der Waals surface area (Å²) in [6.45, 7) is 6.17. The molecule has 6 nitrogen and oxygen atoms in total. The third-order valence-electron chi connectivity index (χ3n) is 4.37. The van der Waals surface area contributed by atoms with Crippen molar-refractivity contribution in [2.75, 3.05) is 7.05 Å². The minimum Gasteiger partial charge on any atom is -0.481 e. The third kappa shape index (κ3) is 4.76. The maximum absolute atomic E-state index is 12.8. The predicted octanol–water partition coefficient (Wildman–Crippen LogP) is 4.17. The van der Waals surface area contributed by atoms with Gasteiger partial charge in [0.25, 0.3) is 5.91 Å². The van der Waals surface area contributed by atoms with E-state index in [-0.39, 0.29) is 12.5 Å². The number of benzene rings is 2. The summed E-state index contributed by atoms with van der Waals surface area (Å²) in [6, 6.07) is 15.5. The number of carbonyl (C=O) groups is 1. The molecule has 0 N–H and O–H groups in total. The average Bonchev–Trinajstić information content (AvgIpc) is 3.14. The van der Waals surface area contributed by atoms with Crippen LogP contribution in [0.1, 0.15) is 30.4 Å². The van der Waals surface area contributed by atoms with Gasteiger partial charge in [0.15, 0.2) is 6.10 Å². The number of rotatable bonds is 7. The number of carbonyl (C=O) groups excluding carboxylic acids is 1. The Bertz CT molecular complexity index is 917. The van der Waals surface area contributed by atoms with Crippen LogP contribution in [-0.2, 0) is 11.3 Å². The lowest BCUT2D eigenvalue weighted by Gasteiger charge is -2.23. The maximum atomic E-state index is 12.8. The standard InChI is InChI=1S/C22H25N3O3/c1-5-19(27-18-12-15(2)11-16(3)13-18)22(26)25(4)14-20-23-21(24-28-20)17-9-7-6-8-10-17/h6-13,19H,5,14H2,1-4H3. The van der Waals surface area contributed by atoms with Crippen molar-refractivity contribution in [3.8, 4) is 17.1 Å². The highest BCUT2D eigenvalue weighted by molar-refractivity contribution is 5.81. The molecule has 28 heavy (non-hydrogen) atoms. The van der Waals surface area contributed by atoms with Gasteiger partial charge in [-0.2, -0.15) is 4.98 Å². The Morgan fingerprint density at radius 3 is 2.46 bits per heavy atom. The molecule has 1 atom stereocenters. The molecular weight excluding hydrogens is 354 g/mol. The number of hydrogen-bond acceptors (Lipinski definition) is 5. The van der Waals surface area contributed by atoms with Crippen LogP contribution in [0, 0.1) is 13.8 Å². The van der Waals surface area contributed by atoms with Gasteiger partial charge < -0.3 is 14.2 Å². The fourth-order valence-corrected chi connectivity index (χ4v) is 3.02. The molecule has 3 aromatic rings. The van der Waals surface area contributed by atoms with Gasteiger partial charge in [-0.15, -0.1) is 0 Å². The smallest absolute Gasteiger partial charge is 0.263 e. The summed E-state index contributed by atoms with van der Waals surface area (Å²) in [7, 11) is 1.71. The fraction of sp³-hybridized carbons (Fsp3) is 0.318. The van der Waals surface area contributed by atoms with Gasteiger partial charge in [0.1, 0.15) is 5.75 Å². The summed E-state index contributed by atoms with van der Waals surface area (Å²) in [5.41, 5.74) is 3.07. The van der Waals surface area contributed by atoms with Crippen molar-refractivity contribution in [1.29, 1.82) is 0 Å². The molecule has 1 unspecified atom stereocenters. The average molecular weight is 379 g/mol. The highest BCUT2D eigenvalue weighted by Gasteiger charge is 2.24. The summed E-state index contributed by atoms with van der Waals surface area (Å²) in [5, 5.41) is 4.00. The van der Waals surface area contributed by atoms with Gasteiger partial charge in [0, 0.05) is 12.6 Å². The normalized spacial score (nSPS) is 11.9. The lowest BCUT2D eigenvalue weighted by molar-refractivity contribution is -0.138. The van der Waals surface area contributed by atoms with Crippen LogP contribution in [0.4, 0.5) is 0 Å². The van der Waals surface area contributed by atoms with E-state index in [1.54, 1.807) is 11.9 Å². The van der Waals surface area contributed by atoms with Crippen LogP contribution < -0.4 is 4.74 Å². The second-order valence-electron chi connectivity index (χ2n) is 6.91. The minimum atomic E-state index is -0.567. The predicted molar refractivity (Wildman–Crippen MR) is 107 cm³/mol. The molecule has 0 fully saturated rings. The first-order chi connectivity index (χ1) is 13.5. The topological polar surface area (TPSA) is 68.5 Å². The van der Waals surface area contributed by atoms with Gasteiger partial charge in [-0.3, -0.25) is 4.79 Å². The molecule has 0 spiro atoms. The SMILES string of the molecule is CCC(Oc1cc(C)cc(C)c1)C(=O)N(C)Cc1nc(-c2ccccc2)no1. The Hall–Kier alpha value is -3.15. The minimum absolute atomic E-state index is 0.124. The Morgan fingerprint density at radius 2 is 1.82 bits per heavy atom. The van der Waals surface area contributed by atoms with Crippen LogP contribution in [0.5, 0.6) is 5.75 Å². The first-order valence-corrected chi connectivity index (χ1v) is 9.34. The Morgan fingerprint density at radius 1 is 1.14 bits per heavy atom. The van der Waals surface area contributed by atoms with Gasteiger partial charge in [-0.1, -0.05) is 48.5 Å². The molecule has 0 radical (unpaired) electrons.